The second kappa shape index (κ2) is 12.6. The van der Waals surface area contributed by atoms with E-state index in [0.717, 1.165) is 50.4 Å². The highest BCUT2D eigenvalue weighted by atomic mass is 35.5. The zero-order valence-corrected chi connectivity index (χ0v) is 18.0. The fraction of sp³-hybridized carbons (Fsp3) is 0.647. The molecule has 2 fully saturated rings. The molecule has 2 aliphatic heterocycles. The van der Waals surface area contributed by atoms with Crippen molar-refractivity contribution in [1.82, 2.24) is 15.2 Å². The van der Waals surface area contributed by atoms with Gasteiger partial charge in [0.15, 0.2) is 0 Å². The van der Waals surface area contributed by atoms with Crippen LogP contribution in [0.5, 0.6) is 0 Å². The van der Waals surface area contributed by atoms with Crippen LogP contribution in [0.2, 0.25) is 0 Å². The Morgan fingerprint density at radius 3 is 2.48 bits per heavy atom. The third-order valence-electron chi connectivity index (χ3n) is 4.77. The number of carbonyl (C=O) groups is 1. The summed E-state index contributed by atoms with van der Waals surface area (Å²) in [6.07, 6.45) is 3.09. The number of pyridine rings is 1. The number of hydrogen-bond donors (Lipinski definition) is 2. The van der Waals surface area contributed by atoms with Crippen molar-refractivity contribution in [1.29, 1.82) is 0 Å². The number of piperazine rings is 1. The molecular formula is C17H30Cl3N5O2. The second-order valence-electron chi connectivity index (χ2n) is 6.59. The van der Waals surface area contributed by atoms with Crippen molar-refractivity contribution in [2.45, 2.75) is 31.6 Å². The van der Waals surface area contributed by atoms with E-state index in [9.17, 15) is 4.79 Å². The zero-order valence-electron chi connectivity index (χ0n) is 15.5. The Kier molecular flexibility index (Phi) is 12.2. The number of halogens is 3. The van der Waals surface area contributed by atoms with Crippen LogP contribution in [0.15, 0.2) is 18.3 Å². The van der Waals surface area contributed by atoms with E-state index in [4.69, 9.17) is 10.5 Å². The summed E-state index contributed by atoms with van der Waals surface area (Å²) in [6, 6.07) is 4.06. The van der Waals surface area contributed by atoms with Crippen LogP contribution < -0.4 is 16.0 Å². The SMILES string of the molecule is CN1CCN(c2ccc(CNC(=O)[C@@H]3CC[C@H](CN)O3)cn2)CC1.Cl.Cl.Cl. The first-order valence-corrected chi connectivity index (χ1v) is 8.67. The molecule has 156 valence electrons. The summed E-state index contributed by atoms with van der Waals surface area (Å²) in [5.41, 5.74) is 6.57. The summed E-state index contributed by atoms with van der Waals surface area (Å²) in [5, 5.41) is 2.93. The number of hydrogen-bond acceptors (Lipinski definition) is 6. The first-order valence-electron chi connectivity index (χ1n) is 8.67. The fourth-order valence-electron chi connectivity index (χ4n) is 3.12. The van der Waals surface area contributed by atoms with Crippen LogP contribution in [0.4, 0.5) is 5.82 Å². The molecule has 0 aromatic carbocycles. The molecule has 0 bridgehead atoms. The number of anilines is 1. The molecule has 0 spiro atoms. The molecule has 0 saturated carbocycles. The summed E-state index contributed by atoms with van der Waals surface area (Å²) in [7, 11) is 2.14. The van der Waals surface area contributed by atoms with Crippen molar-refractivity contribution in [3.63, 3.8) is 0 Å². The molecule has 3 heterocycles. The van der Waals surface area contributed by atoms with E-state index in [2.05, 4.69) is 27.1 Å². The van der Waals surface area contributed by atoms with Crippen LogP contribution in [-0.4, -0.2) is 67.8 Å². The molecule has 0 radical (unpaired) electrons. The monoisotopic (exact) mass is 441 g/mol. The van der Waals surface area contributed by atoms with Gasteiger partial charge in [0.05, 0.1) is 6.10 Å². The zero-order chi connectivity index (χ0) is 16.9. The van der Waals surface area contributed by atoms with Gasteiger partial charge in [-0.3, -0.25) is 4.79 Å². The van der Waals surface area contributed by atoms with Gasteiger partial charge in [-0.2, -0.15) is 0 Å². The van der Waals surface area contributed by atoms with Crippen molar-refractivity contribution in [3.05, 3.63) is 23.9 Å². The fourth-order valence-corrected chi connectivity index (χ4v) is 3.12. The smallest absolute Gasteiger partial charge is 0.249 e. The lowest BCUT2D eigenvalue weighted by atomic mass is 10.2. The van der Waals surface area contributed by atoms with E-state index < -0.39 is 0 Å². The van der Waals surface area contributed by atoms with Gasteiger partial charge in [0.2, 0.25) is 5.91 Å². The van der Waals surface area contributed by atoms with E-state index in [-0.39, 0.29) is 55.3 Å². The molecule has 1 aromatic heterocycles. The Morgan fingerprint density at radius 2 is 1.93 bits per heavy atom. The standard InChI is InChI=1S/C17H27N5O2.3ClH/c1-21-6-8-22(9-7-21)16-5-2-13(11-19-16)12-20-17(23)15-4-3-14(10-18)24-15;;;/h2,5,11,14-15H,3-4,6-10,12,18H2,1H3,(H,20,23);3*1H/t14-,15+;;;/m1.../s1. The summed E-state index contributed by atoms with van der Waals surface area (Å²) >= 11 is 0. The van der Waals surface area contributed by atoms with Crippen molar-refractivity contribution in [3.8, 4) is 0 Å². The van der Waals surface area contributed by atoms with Gasteiger partial charge in [-0.05, 0) is 31.5 Å². The number of nitrogens with two attached hydrogens (primary N) is 1. The van der Waals surface area contributed by atoms with Gasteiger partial charge >= 0.3 is 0 Å². The van der Waals surface area contributed by atoms with Crippen LogP contribution in [0.1, 0.15) is 18.4 Å². The van der Waals surface area contributed by atoms with E-state index in [1.165, 1.54) is 0 Å². The van der Waals surface area contributed by atoms with Crippen LogP contribution in [0.3, 0.4) is 0 Å². The topological polar surface area (TPSA) is 83.7 Å². The minimum atomic E-state index is -0.365. The molecule has 10 heteroatoms. The number of ether oxygens (including phenoxy) is 1. The summed E-state index contributed by atoms with van der Waals surface area (Å²) in [6.45, 7) is 5.07. The Morgan fingerprint density at radius 1 is 1.22 bits per heavy atom. The molecule has 0 aliphatic carbocycles. The largest absolute Gasteiger partial charge is 0.364 e. The van der Waals surface area contributed by atoms with Crippen LogP contribution in [0, 0.1) is 0 Å². The van der Waals surface area contributed by atoms with E-state index >= 15 is 0 Å². The second-order valence-corrected chi connectivity index (χ2v) is 6.59. The Bertz CT molecular complexity index is 556. The molecule has 3 rings (SSSR count). The van der Waals surface area contributed by atoms with Gasteiger partial charge in [-0.25, -0.2) is 4.98 Å². The van der Waals surface area contributed by atoms with E-state index in [0.29, 0.717) is 13.1 Å². The molecule has 2 atom stereocenters. The third-order valence-corrected chi connectivity index (χ3v) is 4.77. The van der Waals surface area contributed by atoms with Gasteiger partial charge < -0.3 is 25.6 Å². The minimum Gasteiger partial charge on any atom is -0.364 e. The maximum atomic E-state index is 12.1. The molecule has 0 unspecified atom stereocenters. The normalized spacial score (nSPS) is 22.2. The molecule has 1 aromatic rings. The number of likely N-dealkylation sites (N-methyl/N-ethyl adjacent to an activating group) is 1. The molecule has 7 nitrogen and oxygen atoms in total. The molecule has 1 amide bonds. The maximum absolute atomic E-state index is 12.1. The van der Waals surface area contributed by atoms with Crippen molar-refractivity contribution >= 4 is 48.9 Å². The average Bonchev–Trinajstić information content (AvgIpc) is 3.10. The van der Waals surface area contributed by atoms with Crippen molar-refractivity contribution in [2.24, 2.45) is 5.73 Å². The van der Waals surface area contributed by atoms with Crippen LogP contribution >= 0.6 is 37.2 Å². The van der Waals surface area contributed by atoms with E-state index in [1.54, 1.807) is 0 Å². The predicted octanol–water partition coefficient (Wildman–Crippen LogP) is 1.22. The Labute approximate surface area is 179 Å². The summed E-state index contributed by atoms with van der Waals surface area (Å²) in [5.74, 6) is 0.942. The lowest BCUT2D eigenvalue weighted by molar-refractivity contribution is -0.132. The highest BCUT2D eigenvalue weighted by molar-refractivity contribution is 5.86. The number of nitrogens with zero attached hydrogens (tertiary/aromatic N) is 3. The number of aromatic nitrogens is 1. The quantitative estimate of drug-likeness (QED) is 0.713. The third kappa shape index (κ3) is 7.25. The minimum absolute atomic E-state index is 0. The molecule has 27 heavy (non-hydrogen) atoms. The molecule has 2 saturated heterocycles. The Hall–Kier alpha value is -0.830. The lowest BCUT2D eigenvalue weighted by Crippen LogP contribution is -2.44. The number of amides is 1. The van der Waals surface area contributed by atoms with Gasteiger partial charge in [0.1, 0.15) is 11.9 Å². The first-order chi connectivity index (χ1) is 11.7. The molecule has 3 N–H and O–H groups in total. The van der Waals surface area contributed by atoms with Crippen molar-refractivity contribution < 1.29 is 9.53 Å². The lowest BCUT2D eigenvalue weighted by Gasteiger charge is -2.33. The van der Waals surface area contributed by atoms with Crippen molar-refractivity contribution in [2.75, 3.05) is 44.7 Å². The average molecular weight is 443 g/mol. The number of rotatable bonds is 5. The van der Waals surface area contributed by atoms with Gasteiger partial charge in [0.25, 0.3) is 0 Å². The van der Waals surface area contributed by atoms with Crippen LogP contribution in [-0.2, 0) is 16.1 Å². The Balaban J connectivity index is 0.00000225. The number of carbonyl (C=O) groups excluding carboxylic acids is 1. The van der Waals surface area contributed by atoms with Gasteiger partial charge in [0, 0.05) is 45.5 Å². The van der Waals surface area contributed by atoms with Gasteiger partial charge in [-0.1, -0.05) is 6.07 Å². The highest BCUT2D eigenvalue weighted by Gasteiger charge is 2.29. The summed E-state index contributed by atoms with van der Waals surface area (Å²) in [4.78, 5) is 21.3. The molecular weight excluding hydrogens is 413 g/mol. The summed E-state index contributed by atoms with van der Waals surface area (Å²) < 4.78 is 5.60. The molecule has 2 aliphatic rings. The predicted molar refractivity (Wildman–Crippen MR) is 114 cm³/mol. The first kappa shape index (κ1) is 26.2. The van der Waals surface area contributed by atoms with Crippen LogP contribution in [0.25, 0.3) is 0 Å². The maximum Gasteiger partial charge on any atom is 0.249 e. The van der Waals surface area contributed by atoms with E-state index in [1.807, 2.05) is 18.3 Å². The van der Waals surface area contributed by atoms with Gasteiger partial charge in [-0.15, -0.1) is 37.2 Å². The number of nitrogens with one attached hydrogen (secondary N) is 1. The highest BCUT2D eigenvalue weighted by Crippen LogP contribution is 2.19.